The molecule has 2 aromatic carbocycles. The lowest BCUT2D eigenvalue weighted by atomic mass is 9.98. The number of rotatable bonds is 5. The van der Waals surface area contributed by atoms with Crippen molar-refractivity contribution in [3.8, 4) is 11.1 Å². The van der Waals surface area contributed by atoms with Gasteiger partial charge in [-0.25, -0.2) is 9.59 Å². The van der Waals surface area contributed by atoms with Gasteiger partial charge in [-0.15, -0.1) is 0 Å². The van der Waals surface area contributed by atoms with Crippen molar-refractivity contribution in [2.75, 3.05) is 6.61 Å². The molecule has 2 atom stereocenters. The molecule has 6 heteroatoms. The number of ether oxygens (including phenoxy) is 1. The van der Waals surface area contributed by atoms with Crippen molar-refractivity contribution >= 4 is 12.1 Å². The smallest absolute Gasteiger partial charge is 0.407 e. The zero-order chi connectivity index (χ0) is 18.0. The second-order valence-corrected chi connectivity index (χ2v) is 6.03. The van der Waals surface area contributed by atoms with E-state index >= 15 is 0 Å². The molecule has 0 saturated heterocycles. The van der Waals surface area contributed by atoms with Crippen LogP contribution in [0.3, 0.4) is 0 Å². The lowest BCUT2D eigenvalue weighted by molar-refractivity contribution is -0.142. The number of amides is 1. The summed E-state index contributed by atoms with van der Waals surface area (Å²) in [6, 6.07) is 14.4. The number of fused-ring (bicyclic) bond motifs is 3. The molecule has 1 amide bonds. The van der Waals surface area contributed by atoms with Crippen LogP contribution in [0.5, 0.6) is 0 Å². The Morgan fingerprint density at radius 3 is 2.08 bits per heavy atom. The highest BCUT2D eigenvalue weighted by atomic mass is 16.5. The fraction of sp³-hybridized carbons (Fsp3) is 0.263. The average molecular weight is 341 g/mol. The van der Waals surface area contributed by atoms with Gasteiger partial charge in [0.1, 0.15) is 6.61 Å². The first-order valence-corrected chi connectivity index (χ1v) is 8.01. The highest BCUT2D eigenvalue weighted by Gasteiger charge is 2.30. The van der Waals surface area contributed by atoms with E-state index in [1.54, 1.807) is 0 Å². The Kier molecular flexibility index (Phi) is 4.72. The summed E-state index contributed by atoms with van der Waals surface area (Å²) in [6.07, 6.45) is -2.09. The third-order valence-corrected chi connectivity index (χ3v) is 4.37. The topological polar surface area (TPSA) is 95.9 Å². The van der Waals surface area contributed by atoms with Crippen LogP contribution in [-0.4, -0.2) is 41.0 Å². The maximum absolute atomic E-state index is 11.9. The van der Waals surface area contributed by atoms with E-state index in [-0.39, 0.29) is 12.5 Å². The van der Waals surface area contributed by atoms with Crippen LogP contribution in [0.15, 0.2) is 48.5 Å². The number of carbonyl (C=O) groups is 2. The maximum Gasteiger partial charge on any atom is 0.407 e. The minimum atomic E-state index is -1.41. The molecule has 1 aliphatic rings. The van der Waals surface area contributed by atoms with Crippen LogP contribution in [-0.2, 0) is 9.53 Å². The standard InChI is InChI=1S/C19H19NO5/c1-11(21)17(18(22)23)20-19(24)25-10-16-14-8-4-2-6-12(14)13-7-3-5-9-15(13)16/h2-9,11,16-17,21H,10H2,1H3,(H,20,24)(H,22,23). The van der Waals surface area contributed by atoms with E-state index in [0.29, 0.717) is 0 Å². The van der Waals surface area contributed by atoms with Crippen LogP contribution >= 0.6 is 0 Å². The van der Waals surface area contributed by atoms with E-state index < -0.39 is 24.2 Å². The van der Waals surface area contributed by atoms with Crippen LogP contribution in [0.1, 0.15) is 24.0 Å². The second-order valence-electron chi connectivity index (χ2n) is 6.03. The number of carboxylic acids is 1. The van der Waals surface area contributed by atoms with Gasteiger partial charge in [-0.3, -0.25) is 0 Å². The van der Waals surface area contributed by atoms with Gasteiger partial charge in [0.25, 0.3) is 0 Å². The lowest BCUT2D eigenvalue weighted by Gasteiger charge is -2.18. The van der Waals surface area contributed by atoms with E-state index in [9.17, 15) is 14.7 Å². The van der Waals surface area contributed by atoms with Crippen LogP contribution in [0, 0.1) is 0 Å². The molecule has 1 aliphatic carbocycles. The third-order valence-electron chi connectivity index (χ3n) is 4.37. The molecule has 0 saturated carbocycles. The maximum atomic E-state index is 11.9. The Labute approximate surface area is 145 Å². The molecule has 0 aliphatic heterocycles. The second kappa shape index (κ2) is 6.94. The number of nitrogens with one attached hydrogen (secondary N) is 1. The van der Waals surface area contributed by atoms with Gasteiger partial charge in [0, 0.05) is 5.92 Å². The molecule has 2 unspecified atom stereocenters. The number of carboxylic acid groups (broad SMARTS) is 1. The Bertz CT molecular complexity index is 756. The van der Waals surface area contributed by atoms with Crippen molar-refractivity contribution in [3.63, 3.8) is 0 Å². The van der Waals surface area contributed by atoms with Crippen LogP contribution in [0.2, 0.25) is 0 Å². The van der Waals surface area contributed by atoms with E-state index in [4.69, 9.17) is 9.84 Å². The molecule has 130 valence electrons. The minimum absolute atomic E-state index is 0.0893. The van der Waals surface area contributed by atoms with Crippen molar-refractivity contribution in [2.45, 2.75) is 25.0 Å². The molecule has 3 rings (SSSR count). The van der Waals surface area contributed by atoms with Crippen LogP contribution in [0.25, 0.3) is 11.1 Å². The van der Waals surface area contributed by atoms with Crippen molar-refractivity contribution in [1.82, 2.24) is 5.32 Å². The largest absolute Gasteiger partial charge is 0.480 e. The first-order valence-electron chi connectivity index (χ1n) is 8.01. The number of aliphatic hydroxyl groups is 1. The molecule has 0 spiro atoms. The predicted molar refractivity (Wildman–Crippen MR) is 91.3 cm³/mol. The average Bonchev–Trinajstić information content (AvgIpc) is 2.91. The van der Waals surface area contributed by atoms with Gasteiger partial charge in [-0.2, -0.15) is 0 Å². The van der Waals surface area contributed by atoms with E-state index in [0.717, 1.165) is 22.3 Å². The zero-order valence-corrected chi connectivity index (χ0v) is 13.7. The van der Waals surface area contributed by atoms with Gasteiger partial charge in [0.05, 0.1) is 6.10 Å². The molecule has 25 heavy (non-hydrogen) atoms. The summed E-state index contributed by atoms with van der Waals surface area (Å²) in [4.78, 5) is 23.0. The quantitative estimate of drug-likeness (QED) is 0.776. The first kappa shape index (κ1) is 17.0. The van der Waals surface area contributed by atoms with Crippen molar-refractivity contribution in [1.29, 1.82) is 0 Å². The minimum Gasteiger partial charge on any atom is -0.480 e. The van der Waals surface area contributed by atoms with Gasteiger partial charge < -0.3 is 20.3 Å². The number of carbonyl (C=O) groups excluding carboxylic acids is 1. The summed E-state index contributed by atoms with van der Waals surface area (Å²) in [5, 5.41) is 20.6. The summed E-state index contributed by atoms with van der Waals surface area (Å²) in [6.45, 7) is 1.38. The van der Waals surface area contributed by atoms with E-state index in [1.807, 2.05) is 48.5 Å². The molecule has 0 heterocycles. The number of aliphatic carboxylic acids is 1. The highest BCUT2D eigenvalue weighted by molar-refractivity contribution is 5.81. The summed E-state index contributed by atoms with van der Waals surface area (Å²) < 4.78 is 5.25. The van der Waals surface area contributed by atoms with Crippen molar-refractivity contribution in [3.05, 3.63) is 59.7 Å². The van der Waals surface area contributed by atoms with Gasteiger partial charge in [0.15, 0.2) is 6.04 Å². The molecule has 0 fully saturated rings. The summed E-state index contributed by atoms with van der Waals surface area (Å²) >= 11 is 0. The molecular formula is C19H19NO5. The number of benzene rings is 2. The predicted octanol–water partition coefficient (Wildman–Crippen LogP) is 2.36. The van der Waals surface area contributed by atoms with E-state index in [2.05, 4.69) is 5.32 Å². The Hall–Kier alpha value is -2.86. The van der Waals surface area contributed by atoms with Gasteiger partial charge in [-0.1, -0.05) is 48.5 Å². The number of hydrogen-bond donors (Lipinski definition) is 3. The molecular weight excluding hydrogens is 322 g/mol. The number of hydrogen-bond acceptors (Lipinski definition) is 4. The van der Waals surface area contributed by atoms with E-state index in [1.165, 1.54) is 6.92 Å². The molecule has 0 aromatic heterocycles. The van der Waals surface area contributed by atoms with Gasteiger partial charge >= 0.3 is 12.1 Å². The molecule has 2 aromatic rings. The molecule has 0 radical (unpaired) electrons. The Balaban J connectivity index is 1.73. The third kappa shape index (κ3) is 3.34. The SMILES string of the molecule is CC(O)C(NC(=O)OCC1c2ccccc2-c2ccccc21)C(=O)O. The normalized spacial score (nSPS) is 15.0. The monoisotopic (exact) mass is 341 g/mol. The zero-order valence-electron chi connectivity index (χ0n) is 13.7. The van der Waals surface area contributed by atoms with Crippen LogP contribution in [0.4, 0.5) is 4.79 Å². The van der Waals surface area contributed by atoms with Gasteiger partial charge in [0.2, 0.25) is 0 Å². The number of aliphatic hydroxyl groups excluding tert-OH is 1. The molecule has 6 nitrogen and oxygen atoms in total. The van der Waals surface area contributed by atoms with Crippen LogP contribution < -0.4 is 5.32 Å². The Morgan fingerprint density at radius 1 is 1.08 bits per heavy atom. The van der Waals surface area contributed by atoms with Gasteiger partial charge in [-0.05, 0) is 29.2 Å². The van der Waals surface area contributed by atoms with Crippen molar-refractivity contribution < 1.29 is 24.5 Å². The first-order chi connectivity index (χ1) is 12.0. The summed E-state index contributed by atoms with van der Waals surface area (Å²) in [7, 11) is 0. The fourth-order valence-corrected chi connectivity index (χ4v) is 3.16. The number of alkyl carbamates (subject to hydrolysis) is 1. The fourth-order valence-electron chi connectivity index (χ4n) is 3.16. The summed E-state index contributed by atoms with van der Waals surface area (Å²) in [5.41, 5.74) is 4.36. The Morgan fingerprint density at radius 2 is 1.60 bits per heavy atom. The molecule has 0 bridgehead atoms. The lowest BCUT2D eigenvalue weighted by Crippen LogP contribution is -2.48. The highest BCUT2D eigenvalue weighted by Crippen LogP contribution is 2.44. The summed E-state index contributed by atoms with van der Waals surface area (Å²) in [5.74, 6) is -1.42. The molecule has 3 N–H and O–H groups in total. The van der Waals surface area contributed by atoms with Crippen molar-refractivity contribution in [2.24, 2.45) is 0 Å².